The van der Waals surface area contributed by atoms with Gasteiger partial charge in [0, 0.05) is 12.1 Å². The molecule has 1 aromatic rings. The van der Waals surface area contributed by atoms with Gasteiger partial charge in [-0.1, -0.05) is 11.6 Å². The Morgan fingerprint density at radius 1 is 1.57 bits per heavy atom. The van der Waals surface area contributed by atoms with Gasteiger partial charge in [-0.25, -0.2) is 0 Å². The van der Waals surface area contributed by atoms with Gasteiger partial charge in [-0.3, -0.25) is 4.98 Å². The summed E-state index contributed by atoms with van der Waals surface area (Å²) >= 11 is 5.74. The Balaban J connectivity index is 2.89. The van der Waals surface area contributed by atoms with Crippen LogP contribution in [0.5, 0.6) is 5.75 Å². The molecule has 0 radical (unpaired) electrons. The van der Waals surface area contributed by atoms with E-state index in [-0.39, 0.29) is 16.8 Å². The second-order valence-corrected chi connectivity index (χ2v) is 3.11. The molecule has 0 amide bonds. The van der Waals surface area contributed by atoms with E-state index < -0.39 is 6.61 Å². The van der Waals surface area contributed by atoms with Gasteiger partial charge < -0.3 is 10.5 Å². The van der Waals surface area contributed by atoms with E-state index >= 15 is 0 Å². The molecule has 0 aliphatic heterocycles. The molecule has 1 atom stereocenters. The largest absolute Gasteiger partial charge is 0.433 e. The molecule has 1 heterocycles. The molecule has 0 saturated carbocycles. The van der Waals surface area contributed by atoms with E-state index in [1.165, 1.54) is 6.07 Å². The third kappa shape index (κ3) is 2.78. The van der Waals surface area contributed by atoms with Gasteiger partial charge in [0.05, 0.1) is 16.9 Å². The maximum absolute atomic E-state index is 11.8. The van der Waals surface area contributed by atoms with Gasteiger partial charge >= 0.3 is 6.61 Å². The fourth-order valence-electron chi connectivity index (χ4n) is 0.933. The number of hydrogen-bond acceptors (Lipinski definition) is 3. The summed E-state index contributed by atoms with van der Waals surface area (Å²) in [7, 11) is 0. The highest BCUT2D eigenvalue weighted by molar-refractivity contribution is 6.31. The standard InChI is InChI=1S/C8H9ClF2N2O/c1-4(12)7-6(9)2-5(3-13-7)14-8(10)11/h2-4,8H,12H2,1H3/t4-/m0/s1. The van der Waals surface area contributed by atoms with Crippen molar-refractivity contribution in [2.75, 3.05) is 0 Å². The van der Waals surface area contributed by atoms with Crippen LogP contribution in [0, 0.1) is 0 Å². The number of alkyl halides is 2. The third-order valence-electron chi connectivity index (χ3n) is 1.50. The lowest BCUT2D eigenvalue weighted by molar-refractivity contribution is -0.0500. The minimum atomic E-state index is -2.88. The summed E-state index contributed by atoms with van der Waals surface area (Å²) in [6.07, 6.45) is 1.16. The highest BCUT2D eigenvalue weighted by Gasteiger charge is 2.10. The Kier molecular flexibility index (Phi) is 3.60. The minimum absolute atomic E-state index is 0.0746. The number of aromatic nitrogens is 1. The topological polar surface area (TPSA) is 48.1 Å². The predicted octanol–water partition coefficient (Wildman–Crippen LogP) is 2.36. The SMILES string of the molecule is C[C@H](N)c1ncc(OC(F)F)cc1Cl. The molecule has 0 fully saturated rings. The van der Waals surface area contributed by atoms with Crippen molar-refractivity contribution < 1.29 is 13.5 Å². The van der Waals surface area contributed by atoms with Crippen molar-refractivity contribution in [3.05, 3.63) is 23.0 Å². The molecule has 1 rings (SSSR count). The van der Waals surface area contributed by atoms with Gasteiger partial charge in [0.15, 0.2) is 0 Å². The van der Waals surface area contributed by atoms with Crippen LogP contribution >= 0.6 is 11.6 Å². The van der Waals surface area contributed by atoms with Crippen molar-refractivity contribution in [2.24, 2.45) is 5.73 Å². The van der Waals surface area contributed by atoms with Crippen molar-refractivity contribution in [1.29, 1.82) is 0 Å². The van der Waals surface area contributed by atoms with Crippen LogP contribution in [0.2, 0.25) is 5.02 Å². The van der Waals surface area contributed by atoms with Gasteiger partial charge in [0.1, 0.15) is 5.75 Å². The Morgan fingerprint density at radius 3 is 2.64 bits per heavy atom. The minimum Gasteiger partial charge on any atom is -0.433 e. The first kappa shape index (κ1) is 11.1. The summed E-state index contributed by atoms with van der Waals surface area (Å²) in [4.78, 5) is 3.82. The van der Waals surface area contributed by atoms with Gasteiger partial charge in [-0.05, 0) is 6.92 Å². The maximum Gasteiger partial charge on any atom is 0.387 e. The van der Waals surface area contributed by atoms with Crippen molar-refractivity contribution in [3.63, 3.8) is 0 Å². The van der Waals surface area contributed by atoms with Gasteiger partial charge in [0.2, 0.25) is 0 Å². The smallest absolute Gasteiger partial charge is 0.387 e. The Bertz CT molecular complexity index is 320. The summed E-state index contributed by atoms with van der Waals surface area (Å²) in [6, 6.07) is 0.919. The van der Waals surface area contributed by atoms with E-state index in [9.17, 15) is 8.78 Å². The molecule has 0 unspecified atom stereocenters. The van der Waals surface area contributed by atoms with Crippen LogP contribution in [0.15, 0.2) is 12.3 Å². The van der Waals surface area contributed by atoms with Crippen LogP contribution in [0.4, 0.5) is 8.78 Å². The summed E-state index contributed by atoms with van der Waals surface area (Å²) < 4.78 is 27.7. The lowest BCUT2D eigenvalue weighted by Gasteiger charge is -2.09. The maximum atomic E-state index is 11.8. The molecule has 0 saturated heterocycles. The molecule has 0 aliphatic carbocycles. The Labute approximate surface area is 84.8 Å². The van der Waals surface area contributed by atoms with Crippen molar-refractivity contribution in [2.45, 2.75) is 19.6 Å². The second-order valence-electron chi connectivity index (χ2n) is 2.71. The number of hydrogen-bond donors (Lipinski definition) is 1. The highest BCUT2D eigenvalue weighted by atomic mass is 35.5. The monoisotopic (exact) mass is 222 g/mol. The van der Waals surface area contributed by atoms with Crippen LogP contribution < -0.4 is 10.5 Å². The van der Waals surface area contributed by atoms with E-state index in [4.69, 9.17) is 17.3 Å². The average Bonchev–Trinajstić information content (AvgIpc) is 2.01. The van der Waals surface area contributed by atoms with E-state index in [1.54, 1.807) is 6.92 Å². The summed E-state index contributed by atoms with van der Waals surface area (Å²) in [5, 5.41) is 0.221. The number of halogens is 3. The Hall–Kier alpha value is -0.940. The molecule has 0 bridgehead atoms. The predicted molar refractivity (Wildman–Crippen MR) is 48.5 cm³/mol. The average molecular weight is 223 g/mol. The first-order valence-electron chi connectivity index (χ1n) is 3.86. The fourth-order valence-corrected chi connectivity index (χ4v) is 1.26. The Morgan fingerprint density at radius 2 is 2.21 bits per heavy atom. The van der Waals surface area contributed by atoms with E-state index in [1.807, 2.05) is 0 Å². The van der Waals surface area contributed by atoms with Gasteiger partial charge in [-0.2, -0.15) is 8.78 Å². The zero-order valence-corrected chi connectivity index (χ0v) is 8.13. The van der Waals surface area contributed by atoms with Crippen LogP contribution in [0.25, 0.3) is 0 Å². The molecule has 0 aromatic carbocycles. The number of nitrogens with zero attached hydrogens (tertiary/aromatic N) is 1. The first-order chi connectivity index (χ1) is 6.50. The normalized spacial score (nSPS) is 13.0. The van der Waals surface area contributed by atoms with Gasteiger partial charge in [-0.15, -0.1) is 0 Å². The molecule has 6 heteroatoms. The molecular weight excluding hydrogens is 214 g/mol. The number of pyridine rings is 1. The molecule has 0 aliphatic rings. The quantitative estimate of drug-likeness (QED) is 0.854. The lowest BCUT2D eigenvalue weighted by atomic mass is 10.2. The first-order valence-corrected chi connectivity index (χ1v) is 4.24. The summed E-state index contributed by atoms with van der Waals surface area (Å²) in [6.45, 7) is -1.18. The third-order valence-corrected chi connectivity index (χ3v) is 1.80. The van der Waals surface area contributed by atoms with Crippen LogP contribution in [0.3, 0.4) is 0 Å². The molecule has 78 valence electrons. The van der Waals surface area contributed by atoms with E-state index in [0.29, 0.717) is 5.69 Å². The summed E-state index contributed by atoms with van der Waals surface area (Å²) in [5.74, 6) is -0.0746. The number of nitrogens with two attached hydrogens (primary N) is 1. The van der Waals surface area contributed by atoms with Gasteiger partial charge in [0.25, 0.3) is 0 Å². The fraction of sp³-hybridized carbons (Fsp3) is 0.375. The highest BCUT2D eigenvalue weighted by Crippen LogP contribution is 2.24. The molecular formula is C8H9ClF2N2O. The van der Waals surface area contributed by atoms with Crippen LogP contribution in [-0.2, 0) is 0 Å². The van der Waals surface area contributed by atoms with Crippen molar-refractivity contribution in [3.8, 4) is 5.75 Å². The zero-order valence-electron chi connectivity index (χ0n) is 7.38. The van der Waals surface area contributed by atoms with E-state index in [2.05, 4.69) is 9.72 Å². The molecule has 0 spiro atoms. The molecule has 3 nitrogen and oxygen atoms in total. The van der Waals surface area contributed by atoms with E-state index in [0.717, 1.165) is 6.20 Å². The number of ether oxygens (including phenoxy) is 1. The summed E-state index contributed by atoms with van der Waals surface area (Å²) in [5.41, 5.74) is 5.98. The molecule has 2 N–H and O–H groups in total. The molecule has 14 heavy (non-hydrogen) atoms. The van der Waals surface area contributed by atoms with Crippen LogP contribution in [-0.4, -0.2) is 11.6 Å². The lowest BCUT2D eigenvalue weighted by Crippen LogP contribution is -2.09. The second kappa shape index (κ2) is 4.52. The molecule has 1 aromatic heterocycles. The van der Waals surface area contributed by atoms with Crippen molar-refractivity contribution in [1.82, 2.24) is 4.98 Å². The zero-order chi connectivity index (χ0) is 10.7. The van der Waals surface area contributed by atoms with Crippen LogP contribution in [0.1, 0.15) is 18.7 Å². The number of rotatable bonds is 3. The van der Waals surface area contributed by atoms with Crippen molar-refractivity contribution >= 4 is 11.6 Å².